The number of quaternary nitrogens is 1. The van der Waals surface area contributed by atoms with Gasteiger partial charge in [0, 0.05) is 13.8 Å². The number of esters is 2. The number of fused-ring (bicyclic) bond motifs is 5. The third-order valence-electron chi connectivity index (χ3n) is 4.84. The van der Waals surface area contributed by atoms with Crippen molar-refractivity contribution >= 4 is 41.5 Å². The third kappa shape index (κ3) is 2.19. The van der Waals surface area contributed by atoms with Gasteiger partial charge in [-0.15, -0.1) is 0 Å². The van der Waals surface area contributed by atoms with E-state index in [1.165, 1.54) is 13.8 Å². The van der Waals surface area contributed by atoms with Crippen LogP contribution in [-0.2, 0) is 23.8 Å². The van der Waals surface area contributed by atoms with E-state index in [1.54, 1.807) is 6.34 Å². The van der Waals surface area contributed by atoms with Gasteiger partial charge in [-0.1, -0.05) is 0 Å². The Kier molecular flexibility index (Phi) is 3.39. The van der Waals surface area contributed by atoms with Crippen molar-refractivity contribution in [2.24, 2.45) is 4.99 Å². The van der Waals surface area contributed by atoms with Gasteiger partial charge in [-0.2, -0.15) is 24.7 Å². The Morgan fingerprint density at radius 1 is 1.37 bits per heavy atom. The number of rotatable bonds is 3. The van der Waals surface area contributed by atoms with Crippen LogP contribution < -0.4 is 16.0 Å². The quantitative estimate of drug-likeness (QED) is 0.383. The number of ether oxygens (including phenoxy) is 3. The van der Waals surface area contributed by atoms with Crippen LogP contribution in [-0.4, -0.2) is 58.8 Å². The smallest absolute Gasteiger partial charge is 0.303 e. The molecule has 0 aromatic carbocycles. The van der Waals surface area contributed by atoms with Gasteiger partial charge in [0.25, 0.3) is 12.0 Å². The van der Waals surface area contributed by atoms with E-state index in [0.717, 1.165) is 0 Å². The highest BCUT2D eigenvalue weighted by Gasteiger charge is 2.86. The summed E-state index contributed by atoms with van der Waals surface area (Å²) in [5, 5.41) is 9.70. The molecule has 5 atom stereocenters. The van der Waals surface area contributed by atoms with Crippen molar-refractivity contribution in [3.63, 3.8) is 0 Å². The van der Waals surface area contributed by atoms with Gasteiger partial charge in [0.15, 0.2) is 17.8 Å². The molecule has 1 spiro atoms. The zero-order valence-electron chi connectivity index (χ0n) is 14.4. The van der Waals surface area contributed by atoms with Crippen LogP contribution >= 0.6 is 0 Å². The number of hydrogen-bond donors (Lipinski definition) is 2. The molecule has 27 heavy (non-hydrogen) atoms. The highest BCUT2D eigenvalue weighted by atomic mass is 16.6. The van der Waals surface area contributed by atoms with Crippen LogP contribution in [0.4, 0.5) is 23.3 Å². The number of nitrogens with zero attached hydrogens (tertiary/aromatic N) is 5. The second-order valence-electron chi connectivity index (χ2n) is 6.53. The Morgan fingerprint density at radius 3 is 2.74 bits per heavy atom. The molecular weight excluding hydrogens is 358 g/mol. The molecule has 140 valence electrons. The first-order chi connectivity index (χ1) is 12.7. The molecule has 3 unspecified atom stereocenters. The van der Waals surface area contributed by atoms with Crippen LogP contribution in [0.2, 0.25) is 0 Å². The Labute approximate surface area is 152 Å². The fourth-order valence-electron chi connectivity index (χ4n) is 3.71. The Bertz CT molecular complexity index is 943. The number of nitrogens with two attached hydrogens (primary N) is 2. The van der Waals surface area contributed by atoms with E-state index < -0.39 is 35.9 Å². The van der Waals surface area contributed by atoms with Crippen molar-refractivity contribution in [3.8, 4) is 6.07 Å². The molecule has 0 bridgehead atoms. The fraction of sp³-hybridized carbons (Fsp3) is 0.467. The van der Waals surface area contributed by atoms with Crippen molar-refractivity contribution in [1.82, 2.24) is 14.5 Å². The molecule has 12 heteroatoms. The van der Waals surface area contributed by atoms with Crippen molar-refractivity contribution in [3.05, 3.63) is 0 Å². The van der Waals surface area contributed by atoms with Crippen molar-refractivity contribution in [1.29, 1.82) is 5.26 Å². The molecule has 4 N–H and O–H groups in total. The second kappa shape index (κ2) is 5.35. The molecular formula is C15H16N7O5+. The molecule has 12 nitrogen and oxygen atoms in total. The molecule has 0 radical (unpaired) electrons. The second-order valence-corrected chi connectivity index (χ2v) is 6.53. The largest absolute Gasteiger partial charge is 0.461 e. The summed E-state index contributed by atoms with van der Waals surface area (Å²) in [6, 6.07) is 1.48. The minimum atomic E-state index is -1.63. The van der Waals surface area contributed by atoms with E-state index in [0.29, 0.717) is 11.5 Å². The first-order valence-electron chi connectivity index (χ1n) is 8.01. The van der Waals surface area contributed by atoms with Gasteiger partial charge in [0.1, 0.15) is 12.7 Å². The summed E-state index contributed by atoms with van der Waals surface area (Å²) in [5.41, 5.74) is 10.3. The number of nitriles is 1. The summed E-state index contributed by atoms with van der Waals surface area (Å²) in [6.07, 6.45) is -0.0869. The first kappa shape index (κ1) is 17.1. The van der Waals surface area contributed by atoms with E-state index in [-0.39, 0.29) is 22.9 Å². The zero-order chi connectivity index (χ0) is 19.6. The van der Waals surface area contributed by atoms with E-state index >= 15 is 0 Å². The third-order valence-corrected chi connectivity index (χ3v) is 4.84. The van der Waals surface area contributed by atoms with Crippen LogP contribution in [0.15, 0.2) is 4.99 Å². The number of carbonyl (C=O) groups is 2. The van der Waals surface area contributed by atoms with Gasteiger partial charge in [0.2, 0.25) is 23.7 Å². The van der Waals surface area contributed by atoms with E-state index in [9.17, 15) is 14.9 Å². The average Bonchev–Trinajstić information content (AvgIpc) is 2.85. The lowest BCUT2D eigenvalue weighted by Gasteiger charge is -2.30. The summed E-state index contributed by atoms with van der Waals surface area (Å²) in [5.74, 6) is -0.694. The van der Waals surface area contributed by atoms with E-state index in [4.69, 9.17) is 25.7 Å². The minimum Gasteiger partial charge on any atom is -0.461 e. The molecule has 0 aliphatic carbocycles. The van der Waals surface area contributed by atoms with Crippen LogP contribution in [0, 0.1) is 11.3 Å². The average molecular weight is 374 g/mol. The first-order valence-corrected chi connectivity index (χ1v) is 8.01. The van der Waals surface area contributed by atoms with Crippen molar-refractivity contribution < 1.29 is 23.8 Å². The molecule has 0 saturated carbocycles. The minimum absolute atomic E-state index is 0.0201. The summed E-state index contributed by atoms with van der Waals surface area (Å²) in [7, 11) is 0. The molecule has 4 rings (SSSR count). The Balaban J connectivity index is 1.73. The molecule has 2 saturated heterocycles. The Morgan fingerprint density at radius 2 is 2.11 bits per heavy atom. The number of aromatic nitrogens is 2. The van der Waals surface area contributed by atoms with Crippen LogP contribution in [0.25, 0.3) is 0 Å². The number of nitrogen functional groups attached to an aromatic ring is 2. The normalized spacial score (nSPS) is 34.6. The molecule has 0 amide bonds. The molecule has 3 aliphatic rings. The summed E-state index contributed by atoms with van der Waals surface area (Å²) in [6.45, 7) is 2.06. The van der Waals surface area contributed by atoms with Gasteiger partial charge in [0.05, 0.1) is 0 Å². The van der Waals surface area contributed by atoms with E-state index in [1.807, 2.05) is 6.07 Å². The summed E-state index contributed by atoms with van der Waals surface area (Å²) < 4.78 is 16.3. The zero-order valence-corrected chi connectivity index (χ0v) is 14.4. The molecule has 3 aliphatic heterocycles. The molecule has 1 aromatic rings. The number of hydrogen-bond acceptors (Lipinski definition) is 11. The standard InChI is InChI=1S/C15H16N7O5/c1-6(23)25-4-15(3-16)10(26-7(2)24)9-13(27-15)22(9)5-19-8-11(17)20-14(18)21-12(8)22/h5,9-10,13H,4H2,1-2H3,(H4,17,18,20,21)/q+1/t9?,10?,13-,15-,22?/m1/s1. The topological polar surface area (TPSA) is 176 Å². The van der Waals surface area contributed by atoms with Gasteiger partial charge >= 0.3 is 11.9 Å². The van der Waals surface area contributed by atoms with Crippen LogP contribution in [0.1, 0.15) is 13.8 Å². The summed E-state index contributed by atoms with van der Waals surface area (Å²) >= 11 is 0. The highest BCUT2D eigenvalue weighted by Crippen LogP contribution is 2.60. The lowest BCUT2D eigenvalue weighted by atomic mass is 9.98. The van der Waals surface area contributed by atoms with Gasteiger partial charge < -0.3 is 20.9 Å². The fourth-order valence-corrected chi connectivity index (χ4v) is 3.71. The maximum absolute atomic E-state index is 11.7. The van der Waals surface area contributed by atoms with Crippen molar-refractivity contribution in [2.75, 3.05) is 18.1 Å². The van der Waals surface area contributed by atoms with Gasteiger partial charge in [-0.05, 0) is 0 Å². The maximum Gasteiger partial charge on any atom is 0.303 e. The lowest BCUT2D eigenvalue weighted by Crippen LogP contribution is -2.54. The van der Waals surface area contributed by atoms with Crippen LogP contribution in [0.3, 0.4) is 0 Å². The SMILES string of the molecule is CC(=O)OC[C@@]1(C#N)O[C@@H]2C(C1OC(C)=O)[N+]21C=Nc2c(N)nc(N)nc21. The van der Waals surface area contributed by atoms with Crippen LogP contribution in [0.5, 0.6) is 0 Å². The van der Waals surface area contributed by atoms with Gasteiger partial charge in [-0.3, -0.25) is 14.3 Å². The van der Waals surface area contributed by atoms with Crippen molar-refractivity contribution in [2.45, 2.75) is 37.8 Å². The molecule has 4 heterocycles. The Hall–Kier alpha value is -3.30. The predicted molar refractivity (Wildman–Crippen MR) is 90.0 cm³/mol. The van der Waals surface area contributed by atoms with E-state index in [2.05, 4.69) is 15.0 Å². The predicted octanol–water partition coefficient (Wildman–Crippen LogP) is -0.883. The number of aliphatic imine (C=N–C) groups is 1. The van der Waals surface area contributed by atoms with Gasteiger partial charge in [-0.25, -0.2) is 0 Å². The highest BCUT2D eigenvalue weighted by molar-refractivity contribution is 5.95. The monoisotopic (exact) mass is 374 g/mol. The maximum atomic E-state index is 11.7. The molecule has 1 aromatic heterocycles. The lowest BCUT2D eigenvalue weighted by molar-refractivity contribution is -0.168. The summed E-state index contributed by atoms with van der Waals surface area (Å²) in [4.78, 5) is 35.2. The molecule has 2 fully saturated rings. The number of anilines is 2. The number of carbonyl (C=O) groups excluding carboxylic acids is 2.